The van der Waals surface area contributed by atoms with Crippen LogP contribution in [0, 0.1) is 5.92 Å². The number of amides is 2. The van der Waals surface area contributed by atoms with Crippen LogP contribution in [0.1, 0.15) is 40.8 Å². The molecule has 1 saturated carbocycles. The summed E-state index contributed by atoms with van der Waals surface area (Å²) in [4.78, 5) is 41.1. The number of benzene rings is 1. The number of aromatic amines is 1. The number of carbonyl (C=O) groups excluding carboxylic acids is 3. The lowest BCUT2D eigenvalue weighted by atomic mass is 10.1. The molecule has 0 bridgehead atoms. The first-order chi connectivity index (χ1) is 16.9. The van der Waals surface area contributed by atoms with Crippen LogP contribution >= 0.6 is 11.8 Å². The average molecular weight is 498 g/mol. The summed E-state index contributed by atoms with van der Waals surface area (Å²) < 4.78 is 10.4. The Bertz CT molecular complexity index is 1220. The molecule has 10 nitrogen and oxygen atoms in total. The zero-order chi connectivity index (χ0) is 24.9. The summed E-state index contributed by atoms with van der Waals surface area (Å²) in [6.45, 7) is 2.01. The lowest BCUT2D eigenvalue weighted by Crippen LogP contribution is -2.43. The molecule has 1 fully saturated rings. The number of hydrogen-bond donors (Lipinski definition) is 3. The minimum atomic E-state index is -0.794. The summed E-state index contributed by atoms with van der Waals surface area (Å²) in [6, 6.07) is 8.30. The van der Waals surface area contributed by atoms with Crippen LogP contribution in [0.3, 0.4) is 0 Å². The highest BCUT2D eigenvalue weighted by molar-refractivity contribution is 7.98. The molecular formula is C24H27N5O5S. The third-order valence-corrected chi connectivity index (χ3v) is 6.44. The number of rotatable bonds is 10. The molecule has 0 radical (unpaired) electrons. The number of H-pyrrole nitrogens is 1. The molecule has 184 valence electrons. The van der Waals surface area contributed by atoms with Gasteiger partial charge in [-0.3, -0.25) is 14.7 Å². The molecule has 2 atom stereocenters. The topological polar surface area (TPSA) is 139 Å². The summed E-state index contributed by atoms with van der Waals surface area (Å²) in [7, 11) is 1.27. The Hall–Kier alpha value is -3.60. The van der Waals surface area contributed by atoms with Crippen LogP contribution in [0.15, 0.2) is 40.9 Å². The van der Waals surface area contributed by atoms with Gasteiger partial charge in [-0.05, 0) is 50.1 Å². The van der Waals surface area contributed by atoms with Crippen molar-refractivity contribution in [2.24, 2.45) is 5.92 Å². The first-order valence-corrected chi connectivity index (χ1v) is 12.6. The highest BCUT2D eigenvalue weighted by Crippen LogP contribution is 2.32. The van der Waals surface area contributed by atoms with E-state index < -0.39 is 17.9 Å². The Labute approximate surface area is 206 Å². The van der Waals surface area contributed by atoms with Crippen molar-refractivity contribution in [3.05, 3.63) is 48.0 Å². The van der Waals surface area contributed by atoms with E-state index in [1.165, 1.54) is 25.1 Å². The second kappa shape index (κ2) is 10.8. The van der Waals surface area contributed by atoms with Gasteiger partial charge in [-0.15, -0.1) is 0 Å². The van der Waals surface area contributed by atoms with Crippen LogP contribution in [-0.2, 0) is 9.53 Å². The molecule has 3 N–H and O–H groups in total. The minimum absolute atomic E-state index is 0.0241. The molecular weight excluding hydrogens is 470 g/mol. The number of hydrogen-bond acceptors (Lipinski definition) is 8. The second-order valence-electron chi connectivity index (χ2n) is 8.38. The smallest absolute Gasteiger partial charge is 0.329 e. The number of methoxy groups -OCH3 is 1. The summed E-state index contributed by atoms with van der Waals surface area (Å²) in [5.74, 6) is -0.142. The number of aromatic nitrogens is 3. The minimum Gasteiger partial charge on any atom is -0.467 e. The van der Waals surface area contributed by atoms with Gasteiger partial charge in [-0.1, -0.05) is 12.1 Å². The maximum absolute atomic E-state index is 12.6. The maximum atomic E-state index is 12.6. The van der Waals surface area contributed by atoms with Gasteiger partial charge in [-0.2, -0.15) is 16.9 Å². The molecule has 3 aromatic rings. The molecule has 2 heterocycles. The molecule has 1 aliphatic rings. The summed E-state index contributed by atoms with van der Waals surface area (Å²) in [6.07, 6.45) is 5.43. The first-order valence-electron chi connectivity index (χ1n) is 11.2. The van der Waals surface area contributed by atoms with Crippen LogP contribution in [0.25, 0.3) is 22.7 Å². The summed E-state index contributed by atoms with van der Waals surface area (Å²) >= 11 is 1.41. The summed E-state index contributed by atoms with van der Waals surface area (Å²) in [5, 5.41) is 12.7. The lowest BCUT2D eigenvalue weighted by molar-refractivity contribution is -0.142. The second-order valence-corrected chi connectivity index (χ2v) is 9.29. The van der Waals surface area contributed by atoms with Crippen LogP contribution in [0.5, 0.6) is 0 Å². The van der Waals surface area contributed by atoms with Gasteiger partial charge < -0.3 is 19.8 Å². The van der Waals surface area contributed by atoms with Gasteiger partial charge in [-0.25, -0.2) is 9.78 Å². The SMILES string of the molecule is COC(=O)[C@@H](CSC)NC(=O)c1cnc(-c2cccc(-c3cc(C(=O)N[C@@H](C)C4CC4)[nH]n3)c2)o1. The van der Waals surface area contributed by atoms with Gasteiger partial charge in [0.15, 0.2) is 0 Å². The fourth-order valence-electron chi connectivity index (χ4n) is 3.62. The van der Waals surface area contributed by atoms with E-state index >= 15 is 0 Å². The van der Waals surface area contributed by atoms with Crippen LogP contribution < -0.4 is 10.6 Å². The molecule has 0 spiro atoms. The van der Waals surface area contributed by atoms with E-state index in [1.807, 2.05) is 31.4 Å². The maximum Gasteiger partial charge on any atom is 0.329 e. The van der Waals surface area contributed by atoms with Gasteiger partial charge in [0.1, 0.15) is 11.7 Å². The molecule has 1 aliphatic carbocycles. The third-order valence-electron chi connectivity index (χ3n) is 5.77. The standard InChI is InChI=1S/C24H27N5O5S/c1-13(14-7-8-14)26-21(30)18-10-17(28-29-18)15-5-4-6-16(9-15)23-25-11-20(34-23)22(31)27-19(12-35-3)24(32)33-2/h4-6,9-11,13-14,19H,7-8,12H2,1-3H3,(H,26,30)(H,27,31)(H,28,29)/t13-,19+/m0/s1. The monoisotopic (exact) mass is 497 g/mol. The zero-order valence-electron chi connectivity index (χ0n) is 19.7. The van der Waals surface area contributed by atoms with E-state index in [0.29, 0.717) is 28.6 Å². The number of ether oxygens (including phenoxy) is 1. The molecule has 35 heavy (non-hydrogen) atoms. The fraction of sp³-hybridized carbons (Fsp3) is 0.375. The number of nitrogens with zero attached hydrogens (tertiary/aromatic N) is 2. The average Bonchev–Trinajstić information content (AvgIpc) is 3.39. The highest BCUT2D eigenvalue weighted by Gasteiger charge is 2.29. The van der Waals surface area contributed by atoms with Crippen molar-refractivity contribution in [1.82, 2.24) is 25.8 Å². The van der Waals surface area contributed by atoms with Crippen LogP contribution in [0.4, 0.5) is 0 Å². The van der Waals surface area contributed by atoms with Gasteiger partial charge in [0, 0.05) is 22.9 Å². The van der Waals surface area contributed by atoms with Crippen molar-refractivity contribution < 1.29 is 23.5 Å². The van der Waals surface area contributed by atoms with E-state index in [4.69, 9.17) is 9.15 Å². The van der Waals surface area contributed by atoms with Crippen molar-refractivity contribution in [2.75, 3.05) is 19.1 Å². The predicted molar refractivity (Wildman–Crippen MR) is 131 cm³/mol. The number of esters is 1. The van der Waals surface area contributed by atoms with E-state index in [-0.39, 0.29) is 23.6 Å². The quantitative estimate of drug-likeness (QED) is 0.363. The van der Waals surface area contributed by atoms with Crippen LogP contribution in [-0.4, -0.2) is 64.2 Å². The largest absolute Gasteiger partial charge is 0.467 e. The predicted octanol–water partition coefficient (Wildman–Crippen LogP) is 2.89. The van der Waals surface area contributed by atoms with Crippen LogP contribution in [0.2, 0.25) is 0 Å². The fourth-order valence-corrected chi connectivity index (χ4v) is 4.17. The van der Waals surface area contributed by atoms with E-state index in [2.05, 4.69) is 25.8 Å². The highest BCUT2D eigenvalue weighted by atomic mass is 32.2. The van der Waals surface area contributed by atoms with Gasteiger partial charge in [0.05, 0.1) is 19.0 Å². The Kier molecular flexibility index (Phi) is 7.54. The Morgan fingerprint density at radius 3 is 2.69 bits per heavy atom. The Morgan fingerprint density at radius 1 is 1.20 bits per heavy atom. The van der Waals surface area contributed by atoms with Crippen molar-refractivity contribution in [1.29, 1.82) is 0 Å². The van der Waals surface area contributed by atoms with Gasteiger partial charge >= 0.3 is 5.97 Å². The molecule has 2 aromatic heterocycles. The number of nitrogens with one attached hydrogen (secondary N) is 3. The van der Waals surface area contributed by atoms with Gasteiger partial charge in [0.2, 0.25) is 11.7 Å². The van der Waals surface area contributed by atoms with E-state index in [0.717, 1.165) is 18.4 Å². The zero-order valence-corrected chi connectivity index (χ0v) is 20.5. The summed E-state index contributed by atoms with van der Waals surface area (Å²) in [5.41, 5.74) is 2.37. The van der Waals surface area contributed by atoms with E-state index in [1.54, 1.807) is 12.1 Å². The van der Waals surface area contributed by atoms with Gasteiger partial charge in [0.25, 0.3) is 11.8 Å². The van der Waals surface area contributed by atoms with E-state index in [9.17, 15) is 14.4 Å². The van der Waals surface area contributed by atoms with Crippen molar-refractivity contribution in [2.45, 2.75) is 31.8 Å². The molecule has 0 unspecified atom stereocenters. The van der Waals surface area contributed by atoms with Crippen molar-refractivity contribution in [3.8, 4) is 22.7 Å². The number of oxazole rings is 1. The normalized spacial score (nSPS) is 14.7. The van der Waals surface area contributed by atoms with Crippen molar-refractivity contribution >= 4 is 29.5 Å². The number of thioether (sulfide) groups is 1. The molecule has 1 aromatic carbocycles. The third kappa shape index (κ3) is 5.91. The lowest BCUT2D eigenvalue weighted by Gasteiger charge is -2.14. The number of carbonyl (C=O) groups is 3. The Morgan fingerprint density at radius 2 is 1.97 bits per heavy atom. The molecule has 4 rings (SSSR count). The Balaban J connectivity index is 1.46. The molecule has 0 saturated heterocycles. The molecule has 11 heteroatoms. The molecule has 0 aliphatic heterocycles. The molecule has 2 amide bonds. The van der Waals surface area contributed by atoms with Crippen molar-refractivity contribution in [3.63, 3.8) is 0 Å². The first kappa shape index (κ1) is 24.5.